The van der Waals surface area contributed by atoms with Crippen LogP contribution in [0.2, 0.25) is 5.02 Å². The predicted octanol–water partition coefficient (Wildman–Crippen LogP) is 4.41. The van der Waals surface area contributed by atoms with Crippen molar-refractivity contribution in [1.29, 1.82) is 0 Å². The molecule has 0 bridgehead atoms. The molecule has 1 heterocycles. The molecule has 0 unspecified atom stereocenters. The van der Waals surface area contributed by atoms with Gasteiger partial charge in [0.2, 0.25) is 5.91 Å². The molecular weight excluding hydrogens is 400 g/mol. The van der Waals surface area contributed by atoms with Crippen molar-refractivity contribution in [2.75, 3.05) is 18.5 Å². The molecule has 0 radical (unpaired) electrons. The van der Waals surface area contributed by atoms with Gasteiger partial charge in [0.1, 0.15) is 12.4 Å². The van der Waals surface area contributed by atoms with Crippen LogP contribution in [0.25, 0.3) is 6.08 Å². The first-order valence-electron chi connectivity index (χ1n) is 8.44. The molecule has 1 saturated heterocycles. The number of imide groups is 1. The summed E-state index contributed by atoms with van der Waals surface area (Å²) in [4.78, 5) is 37.2. The van der Waals surface area contributed by atoms with Gasteiger partial charge in [-0.15, -0.1) is 0 Å². The predicted molar refractivity (Wildman–Crippen MR) is 110 cm³/mol. The van der Waals surface area contributed by atoms with Gasteiger partial charge in [0, 0.05) is 17.6 Å². The maximum atomic E-state index is 12.5. The summed E-state index contributed by atoms with van der Waals surface area (Å²) < 4.78 is 5.55. The molecule has 0 spiro atoms. The second-order valence-electron chi connectivity index (χ2n) is 5.94. The highest BCUT2D eigenvalue weighted by molar-refractivity contribution is 8.18. The summed E-state index contributed by atoms with van der Waals surface area (Å²) in [6.07, 6.45) is 1.66. The first-order valence-corrected chi connectivity index (χ1v) is 9.63. The van der Waals surface area contributed by atoms with Crippen LogP contribution in [-0.4, -0.2) is 35.1 Å². The summed E-state index contributed by atoms with van der Waals surface area (Å²) in [5.74, 6) is 0.113. The van der Waals surface area contributed by atoms with Crippen LogP contribution in [0.1, 0.15) is 12.5 Å². The van der Waals surface area contributed by atoms with Crippen LogP contribution in [0.4, 0.5) is 10.5 Å². The molecule has 1 aliphatic rings. The Morgan fingerprint density at radius 3 is 2.46 bits per heavy atom. The Bertz CT molecular complexity index is 926. The maximum absolute atomic E-state index is 12.5. The van der Waals surface area contributed by atoms with E-state index in [9.17, 15) is 14.4 Å². The molecule has 0 atom stereocenters. The first kappa shape index (κ1) is 20.0. The second kappa shape index (κ2) is 8.95. The summed E-state index contributed by atoms with van der Waals surface area (Å²) in [5, 5.41) is 2.95. The van der Waals surface area contributed by atoms with E-state index in [0.29, 0.717) is 21.4 Å². The van der Waals surface area contributed by atoms with Crippen LogP contribution in [0.3, 0.4) is 0 Å². The van der Waals surface area contributed by atoms with Crippen LogP contribution < -0.4 is 10.1 Å². The molecule has 2 aromatic rings. The fourth-order valence-corrected chi connectivity index (χ4v) is 3.49. The summed E-state index contributed by atoms with van der Waals surface area (Å²) in [6.45, 7) is 1.78. The fraction of sp³-hybridized carbons (Fsp3) is 0.150. The number of rotatable bonds is 6. The molecule has 8 heteroatoms. The van der Waals surface area contributed by atoms with Gasteiger partial charge in [0.15, 0.2) is 0 Å². The van der Waals surface area contributed by atoms with Crippen molar-refractivity contribution in [3.63, 3.8) is 0 Å². The molecule has 1 aliphatic heterocycles. The lowest BCUT2D eigenvalue weighted by Gasteiger charge is -2.13. The quantitative estimate of drug-likeness (QED) is 0.706. The molecule has 3 rings (SSSR count). The van der Waals surface area contributed by atoms with Crippen LogP contribution in [0.5, 0.6) is 5.75 Å². The number of hydrogen-bond donors (Lipinski definition) is 1. The smallest absolute Gasteiger partial charge is 0.293 e. The van der Waals surface area contributed by atoms with Crippen molar-refractivity contribution in [3.8, 4) is 5.75 Å². The molecule has 3 amide bonds. The Balaban J connectivity index is 1.60. The third kappa shape index (κ3) is 5.15. The highest BCUT2D eigenvalue weighted by atomic mass is 35.5. The molecule has 6 nitrogen and oxygen atoms in total. The van der Waals surface area contributed by atoms with E-state index in [1.165, 1.54) is 6.92 Å². The molecule has 0 saturated carbocycles. The Kier molecular flexibility index (Phi) is 6.38. The third-order valence-corrected chi connectivity index (χ3v) is 4.96. The molecule has 1 fully saturated rings. The van der Waals surface area contributed by atoms with Gasteiger partial charge in [0.25, 0.3) is 11.1 Å². The topological polar surface area (TPSA) is 75.7 Å². The highest BCUT2D eigenvalue weighted by Crippen LogP contribution is 2.32. The number of nitrogens with one attached hydrogen (secondary N) is 1. The summed E-state index contributed by atoms with van der Waals surface area (Å²) in [5.41, 5.74) is 1.43. The largest absolute Gasteiger partial charge is 0.492 e. The van der Waals surface area contributed by atoms with Gasteiger partial charge in [0.05, 0.1) is 11.4 Å². The molecule has 0 aliphatic carbocycles. The van der Waals surface area contributed by atoms with Crippen molar-refractivity contribution in [2.45, 2.75) is 6.92 Å². The van der Waals surface area contributed by atoms with E-state index in [1.807, 2.05) is 0 Å². The minimum absolute atomic E-state index is 0.158. The van der Waals surface area contributed by atoms with Gasteiger partial charge in [-0.2, -0.15) is 0 Å². The number of benzene rings is 2. The number of ether oxygens (including phenoxy) is 1. The molecule has 1 N–H and O–H groups in total. The Morgan fingerprint density at radius 2 is 1.82 bits per heavy atom. The zero-order valence-corrected chi connectivity index (χ0v) is 16.5. The van der Waals surface area contributed by atoms with E-state index in [0.717, 1.165) is 22.2 Å². The number of carbonyl (C=O) groups is 3. The van der Waals surface area contributed by atoms with Gasteiger partial charge >= 0.3 is 0 Å². The lowest BCUT2D eigenvalue weighted by Crippen LogP contribution is -2.32. The second-order valence-corrected chi connectivity index (χ2v) is 7.37. The van der Waals surface area contributed by atoms with Crippen molar-refractivity contribution in [2.24, 2.45) is 0 Å². The van der Waals surface area contributed by atoms with Crippen molar-refractivity contribution in [3.05, 3.63) is 64.0 Å². The third-order valence-electron chi connectivity index (χ3n) is 3.80. The number of halogens is 1. The summed E-state index contributed by atoms with van der Waals surface area (Å²) in [6, 6.07) is 13.9. The van der Waals surface area contributed by atoms with E-state index >= 15 is 0 Å². The molecule has 0 aromatic heterocycles. The van der Waals surface area contributed by atoms with Crippen LogP contribution in [0, 0.1) is 0 Å². The summed E-state index contributed by atoms with van der Waals surface area (Å²) in [7, 11) is 0. The monoisotopic (exact) mass is 416 g/mol. The number of amides is 3. The molecule has 2 aromatic carbocycles. The van der Waals surface area contributed by atoms with Crippen LogP contribution >= 0.6 is 23.4 Å². The van der Waals surface area contributed by atoms with Crippen LogP contribution in [0.15, 0.2) is 53.4 Å². The highest BCUT2D eigenvalue weighted by Gasteiger charge is 2.34. The number of thioether (sulfide) groups is 1. The van der Waals surface area contributed by atoms with Gasteiger partial charge < -0.3 is 10.1 Å². The summed E-state index contributed by atoms with van der Waals surface area (Å²) >= 11 is 6.72. The minimum Gasteiger partial charge on any atom is -0.492 e. The number of carbonyl (C=O) groups excluding carboxylic acids is 3. The Morgan fingerprint density at radius 1 is 1.14 bits per heavy atom. The lowest BCUT2D eigenvalue weighted by atomic mass is 10.2. The van der Waals surface area contributed by atoms with Crippen molar-refractivity contribution >= 4 is 52.2 Å². The van der Waals surface area contributed by atoms with Gasteiger partial charge in [-0.25, -0.2) is 0 Å². The molecular formula is C20H17ClN2O4S. The molecule has 28 heavy (non-hydrogen) atoms. The van der Waals surface area contributed by atoms with Gasteiger partial charge in [-0.1, -0.05) is 23.7 Å². The van der Waals surface area contributed by atoms with Crippen molar-refractivity contribution in [1.82, 2.24) is 4.90 Å². The average Bonchev–Trinajstić information content (AvgIpc) is 2.92. The minimum atomic E-state index is -0.347. The normalized spacial score (nSPS) is 15.2. The average molecular weight is 417 g/mol. The van der Waals surface area contributed by atoms with Crippen molar-refractivity contribution < 1.29 is 19.1 Å². The van der Waals surface area contributed by atoms with E-state index in [1.54, 1.807) is 54.6 Å². The van der Waals surface area contributed by atoms with Gasteiger partial charge in [-0.3, -0.25) is 19.3 Å². The van der Waals surface area contributed by atoms with E-state index in [-0.39, 0.29) is 30.2 Å². The first-order chi connectivity index (χ1) is 13.4. The van der Waals surface area contributed by atoms with E-state index < -0.39 is 0 Å². The number of hydrogen-bond acceptors (Lipinski definition) is 5. The Hall–Kier alpha value is -2.77. The maximum Gasteiger partial charge on any atom is 0.293 e. The van der Waals surface area contributed by atoms with E-state index in [4.69, 9.17) is 16.3 Å². The SMILES string of the molecule is CC(=O)Nc1ccc(/C=C2\SC(=O)N(CCOc3ccc(Cl)cc3)C2=O)cc1. The van der Waals surface area contributed by atoms with Crippen LogP contribution in [-0.2, 0) is 9.59 Å². The lowest BCUT2D eigenvalue weighted by molar-refractivity contribution is -0.123. The zero-order chi connectivity index (χ0) is 20.1. The fourth-order valence-electron chi connectivity index (χ4n) is 2.50. The molecule has 144 valence electrons. The van der Waals surface area contributed by atoms with E-state index in [2.05, 4.69) is 5.32 Å². The Labute approximate surface area is 171 Å². The number of anilines is 1. The number of nitrogens with zero attached hydrogens (tertiary/aromatic N) is 1. The van der Waals surface area contributed by atoms with Gasteiger partial charge in [-0.05, 0) is 59.8 Å². The zero-order valence-electron chi connectivity index (χ0n) is 15.0. The standard InChI is InChI=1S/C20H17ClN2O4S/c1-13(24)22-16-6-2-14(3-7-16)12-18-19(25)23(20(26)28-18)10-11-27-17-8-4-15(21)5-9-17/h2-9,12H,10-11H2,1H3,(H,22,24)/b18-12-.